The molecule has 0 bridgehead atoms. The molecule has 0 amide bonds. The summed E-state index contributed by atoms with van der Waals surface area (Å²) in [6, 6.07) is 7.52. The summed E-state index contributed by atoms with van der Waals surface area (Å²) in [7, 11) is -3.37. The Kier molecular flexibility index (Phi) is 8.58. The molecule has 1 aliphatic carbocycles. The van der Waals surface area contributed by atoms with Crippen molar-refractivity contribution >= 4 is 10.0 Å². The topological polar surface area (TPSA) is 64.6 Å². The Balaban J connectivity index is 1.92. The van der Waals surface area contributed by atoms with E-state index in [4.69, 9.17) is 9.47 Å². The van der Waals surface area contributed by atoms with E-state index in [0.29, 0.717) is 31.5 Å². The van der Waals surface area contributed by atoms with Crippen LogP contribution in [0.3, 0.4) is 0 Å². The zero-order valence-corrected chi connectivity index (χ0v) is 17.9. The van der Waals surface area contributed by atoms with Gasteiger partial charge in [-0.3, -0.25) is 0 Å². The molecule has 1 saturated carbocycles. The van der Waals surface area contributed by atoms with Gasteiger partial charge in [0.25, 0.3) is 0 Å². The first-order valence-corrected chi connectivity index (χ1v) is 11.7. The predicted molar refractivity (Wildman–Crippen MR) is 109 cm³/mol. The Labute approximate surface area is 164 Å². The summed E-state index contributed by atoms with van der Waals surface area (Å²) in [4.78, 5) is 0. The lowest BCUT2D eigenvalue weighted by molar-refractivity contribution is 0.111. The molecule has 1 atom stereocenters. The summed E-state index contributed by atoms with van der Waals surface area (Å²) in [5.74, 6) is 2.17. The van der Waals surface area contributed by atoms with Crippen LogP contribution in [0.1, 0.15) is 58.6 Å². The first kappa shape index (κ1) is 22.2. The van der Waals surface area contributed by atoms with E-state index in [9.17, 15) is 8.42 Å². The molecule has 0 spiro atoms. The summed E-state index contributed by atoms with van der Waals surface area (Å²) < 4.78 is 39.3. The number of rotatable bonds is 13. The Morgan fingerprint density at radius 2 is 1.93 bits per heavy atom. The zero-order chi connectivity index (χ0) is 19.9. The van der Waals surface area contributed by atoms with Gasteiger partial charge < -0.3 is 9.47 Å². The molecule has 2 rings (SSSR count). The summed E-state index contributed by atoms with van der Waals surface area (Å²) in [5.41, 5.74) is 0.943. The molecular formula is C21H35NO4S. The largest absolute Gasteiger partial charge is 0.493 e. The van der Waals surface area contributed by atoms with Crippen molar-refractivity contribution in [3.8, 4) is 5.75 Å². The third-order valence-electron chi connectivity index (χ3n) is 4.53. The third kappa shape index (κ3) is 8.62. The van der Waals surface area contributed by atoms with Gasteiger partial charge in [0.2, 0.25) is 10.0 Å². The zero-order valence-electron chi connectivity index (χ0n) is 17.1. The van der Waals surface area contributed by atoms with E-state index in [1.807, 2.05) is 38.1 Å². The molecular weight excluding hydrogens is 362 g/mol. The van der Waals surface area contributed by atoms with Gasteiger partial charge >= 0.3 is 0 Å². The fourth-order valence-corrected chi connectivity index (χ4v) is 4.22. The lowest BCUT2D eigenvalue weighted by Gasteiger charge is -2.23. The minimum absolute atomic E-state index is 0.0756. The predicted octanol–water partition coefficient (Wildman–Crippen LogP) is 4.15. The Hall–Kier alpha value is -1.11. The maximum absolute atomic E-state index is 12.5. The normalized spacial score (nSPS) is 16.1. The van der Waals surface area contributed by atoms with Gasteiger partial charge in [-0.05, 0) is 54.7 Å². The van der Waals surface area contributed by atoms with Crippen LogP contribution in [-0.4, -0.2) is 34.0 Å². The highest BCUT2D eigenvalue weighted by atomic mass is 32.2. The average molecular weight is 398 g/mol. The number of hydrogen-bond acceptors (Lipinski definition) is 4. The minimum Gasteiger partial charge on any atom is -0.493 e. The van der Waals surface area contributed by atoms with Gasteiger partial charge in [0.05, 0.1) is 12.4 Å². The van der Waals surface area contributed by atoms with Crippen LogP contribution in [0.15, 0.2) is 24.3 Å². The highest BCUT2D eigenvalue weighted by Gasteiger charge is 2.24. The highest BCUT2D eigenvalue weighted by Crippen LogP contribution is 2.31. The summed E-state index contributed by atoms with van der Waals surface area (Å²) >= 11 is 0. The highest BCUT2D eigenvalue weighted by molar-refractivity contribution is 7.89. The molecule has 1 aliphatic rings. The monoisotopic (exact) mass is 397 g/mol. The van der Waals surface area contributed by atoms with E-state index in [1.54, 1.807) is 0 Å². The number of benzene rings is 1. The van der Waals surface area contributed by atoms with E-state index in [0.717, 1.165) is 17.9 Å². The van der Waals surface area contributed by atoms with Gasteiger partial charge in [-0.25, -0.2) is 13.1 Å². The van der Waals surface area contributed by atoms with Crippen molar-refractivity contribution in [2.75, 3.05) is 25.6 Å². The molecule has 1 aromatic carbocycles. The van der Waals surface area contributed by atoms with Crippen molar-refractivity contribution in [2.24, 2.45) is 17.8 Å². The maximum atomic E-state index is 12.5. The molecule has 1 N–H and O–H groups in total. The maximum Gasteiger partial charge on any atom is 0.212 e. The summed E-state index contributed by atoms with van der Waals surface area (Å²) in [5, 5.41) is 0. The van der Waals surface area contributed by atoms with Gasteiger partial charge in [0.1, 0.15) is 5.75 Å². The molecule has 6 heteroatoms. The van der Waals surface area contributed by atoms with Gasteiger partial charge in [-0.15, -0.1) is 0 Å². The van der Waals surface area contributed by atoms with Gasteiger partial charge in [0.15, 0.2) is 0 Å². The van der Waals surface area contributed by atoms with Crippen molar-refractivity contribution in [2.45, 2.75) is 53.0 Å². The summed E-state index contributed by atoms with van der Waals surface area (Å²) in [6.07, 6.45) is 2.99. The molecule has 27 heavy (non-hydrogen) atoms. The minimum atomic E-state index is -3.37. The van der Waals surface area contributed by atoms with Gasteiger partial charge in [-0.2, -0.15) is 0 Å². The molecule has 154 valence electrons. The van der Waals surface area contributed by atoms with Crippen LogP contribution in [0, 0.1) is 17.8 Å². The molecule has 5 nitrogen and oxygen atoms in total. The average Bonchev–Trinajstić information content (AvgIpc) is 3.42. The van der Waals surface area contributed by atoms with E-state index in [1.165, 1.54) is 12.8 Å². The molecule has 1 aromatic rings. The fraction of sp³-hybridized carbons (Fsp3) is 0.714. The number of nitrogens with one attached hydrogen (secondary N) is 1. The fourth-order valence-electron chi connectivity index (χ4n) is 2.81. The Morgan fingerprint density at radius 3 is 2.56 bits per heavy atom. The Bertz CT molecular complexity index is 669. The van der Waals surface area contributed by atoms with E-state index in [-0.39, 0.29) is 17.7 Å². The second-order valence-electron chi connectivity index (χ2n) is 8.31. The standard InChI is InChI=1S/C21H35NO4S/c1-16(2)14-25-11-6-12-27(23,24)22-21(17(3)4)19-7-5-8-20(13-19)26-15-18-9-10-18/h5,7-8,13,16-18,21-22H,6,9-12,14-15H2,1-4H3. The quantitative estimate of drug-likeness (QED) is 0.508. The van der Waals surface area contributed by atoms with E-state index < -0.39 is 10.0 Å². The summed E-state index contributed by atoms with van der Waals surface area (Å²) in [6.45, 7) is 10.1. The molecule has 0 saturated heterocycles. The lowest BCUT2D eigenvalue weighted by Crippen LogP contribution is -2.33. The van der Waals surface area contributed by atoms with Crippen molar-refractivity contribution in [1.82, 2.24) is 4.72 Å². The number of sulfonamides is 1. The molecule has 0 radical (unpaired) electrons. The smallest absolute Gasteiger partial charge is 0.212 e. The lowest BCUT2D eigenvalue weighted by atomic mass is 9.97. The molecule has 0 heterocycles. The van der Waals surface area contributed by atoms with Crippen molar-refractivity contribution in [1.29, 1.82) is 0 Å². The van der Waals surface area contributed by atoms with Crippen molar-refractivity contribution < 1.29 is 17.9 Å². The van der Waals surface area contributed by atoms with Crippen LogP contribution in [0.2, 0.25) is 0 Å². The van der Waals surface area contributed by atoms with E-state index >= 15 is 0 Å². The molecule has 0 aromatic heterocycles. The second-order valence-corrected chi connectivity index (χ2v) is 10.2. The van der Waals surface area contributed by atoms with Crippen LogP contribution in [0.25, 0.3) is 0 Å². The first-order valence-electron chi connectivity index (χ1n) is 10.1. The van der Waals surface area contributed by atoms with E-state index in [2.05, 4.69) is 18.6 Å². The first-order chi connectivity index (χ1) is 12.8. The molecule has 1 unspecified atom stereocenters. The van der Waals surface area contributed by atoms with Gasteiger partial charge in [-0.1, -0.05) is 39.8 Å². The van der Waals surface area contributed by atoms with Crippen LogP contribution < -0.4 is 9.46 Å². The third-order valence-corrected chi connectivity index (χ3v) is 5.97. The molecule has 1 fully saturated rings. The van der Waals surface area contributed by atoms with Crippen LogP contribution in [-0.2, 0) is 14.8 Å². The van der Waals surface area contributed by atoms with Crippen LogP contribution >= 0.6 is 0 Å². The van der Waals surface area contributed by atoms with Crippen LogP contribution in [0.4, 0.5) is 0 Å². The SMILES string of the molecule is CC(C)COCCCS(=O)(=O)NC(c1cccc(OCC2CC2)c1)C(C)C. The molecule has 0 aliphatic heterocycles. The van der Waals surface area contributed by atoms with Gasteiger partial charge in [0, 0.05) is 19.3 Å². The second kappa shape index (κ2) is 10.4. The number of hydrogen-bond donors (Lipinski definition) is 1. The van der Waals surface area contributed by atoms with Crippen molar-refractivity contribution in [3.63, 3.8) is 0 Å². The van der Waals surface area contributed by atoms with Crippen LogP contribution in [0.5, 0.6) is 5.75 Å². The van der Waals surface area contributed by atoms with Crippen molar-refractivity contribution in [3.05, 3.63) is 29.8 Å². The number of ether oxygens (including phenoxy) is 2. The Morgan fingerprint density at radius 1 is 1.19 bits per heavy atom.